The molecule has 1 saturated heterocycles. The minimum Gasteiger partial charge on any atom is -0.369 e. The Balaban J connectivity index is 1.26. The quantitative estimate of drug-likeness (QED) is 0.828. The molecule has 2 amide bonds. The summed E-state index contributed by atoms with van der Waals surface area (Å²) >= 11 is 0. The summed E-state index contributed by atoms with van der Waals surface area (Å²) in [7, 11) is 1.84. The zero-order chi connectivity index (χ0) is 19.1. The molecule has 0 aromatic heterocycles. The maximum absolute atomic E-state index is 12.8. The third-order valence-corrected chi connectivity index (χ3v) is 5.94. The first-order chi connectivity index (χ1) is 13.7. The lowest BCUT2D eigenvalue weighted by Crippen LogP contribution is -2.50. The lowest BCUT2D eigenvalue weighted by Gasteiger charge is -2.37. The van der Waals surface area contributed by atoms with Crippen molar-refractivity contribution < 1.29 is 4.79 Å². The molecule has 28 heavy (non-hydrogen) atoms. The second-order valence-corrected chi connectivity index (χ2v) is 7.70. The molecule has 3 aliphatic heterocycles. The molecular weight excluding hydrogens is 350 g/mol. The molecular formula is C22H25N5O. The summed E-state index contributed by atoms with van der Waals surface area (Å²) < 4.78 is 0. The van der Waals surface area contributed by atoms with Gasteiger partial charge >= 0.3 is 6.03 Å². The average molecular weight is 375 g/mol. The van der Waals surface area contributed by atoms with Gasteiger partial charge < -0.3 is 4.90 Å². The summed E-state index contributed by atoms with van der Waals surface area (Å²) in [4.78, 5) is 26.2. The number of carbonyl (C=O) groups is 1. The number of amidine groups is 1. The number of anilines is 2. The summed E-state index contributed by atoms with van der Waals surface area (Å²) in [6.07, 6.45) is 0. The van der Waals surface area contributed by atoms with E-state index in [2.05, 4.69) is 46.2 Å². The van der Waals surface area contributed by atoms with Crippen molar-refractivity contribution in [2.24, 2.45) is 4.99 Å². The zero-order valence-electron chi connectivity index (χ0n) is 16.2. The molecule has 0 radical (unpaired) electrons. The zero-order valence-corrected chi connectivity index (χ0v) is 16.2. The highest BCUT2D eigenvalue weighted by Gasteiger charge is 2.39. The Morgan fingerprint density at radius 3 is 2.46 bits per heavy atom. The Bertz CT molecular complexity index is 904. The highest BCUT2D eigenvalue weighted by Crippen LogP contribution is 2.31. The highest BCUT2D eigenvalue weighted by molar-refractivity contribution is 6.19. The monoisotopic (exact) mass is 375 g/mol. The van der Waals surface area contributed by atoms with Gasteiger partial charge in [-0.05, 0) is 24.3 Å². The van der Waals surface area contributed by atoms with Crippen LogP contribution in [0.1, 0.15) is 5.56 Å². The lowest BCUT2D eigenvalue weighted by atomic mass is 10.1. The molecule has 0 spiro atoms. The number of piperazine rings is 1. The number of hydrogen-bond donors (Lipinski definition) is 0. The van der Waals surface area contributed by atoms with Crippen LogP contribution in [0.2, 0.25) is 0 Å². The van der Waals surface area contributed by atoms with E-state index in [0.29, 0.717) is 6.54 Å². The van der Waals surface area contributed by atoms with Gasteiger partial charge in [-0.25, -0.2) is 4.79 Å². The highest BCUT2D eigenvalue weighted by atomic mass is 16.2. The minimum atomic E-state index is 0.0221. The van der Waals surface area contributed by atoms with Crippen molar-refractivity contribution in [2.45, 2.75) is 6.04 Å². The molecule has 6 nitrogen and oxygen atoms in total. The van der Waals surface area contributed by atoms with E-state index in [4.69, 9.17) is 4.99 Å². The van der Waals surface area contributed by atoms with E-state index in [1.165, 1.54) is 5.69 Å². The number of benzene rings is 2. The van der Waals surface area contributed by atoms with Gasteiger partial charge in [0.1, 0.15) is 5.84 Å². The molecule has 1 fully saturated rings. The van der Waals surface area contributed by atoms with Gasteiger partial charge in [0.25, 0.3) is 0 Å². The van der Waals surface area contributed by atoms with Crippen molar-refractivity contribution >= 4 is 23.2 Å². The topological polar surface area (TPSA) is 42.4 Å². The van der Waals surface area contributed by atoms with Gasteiger partial charge in [0.15, 0.2) is 0 Å². The molecule has 5 rings (SSSR count). The summed E-state index contributed by atoms with van der Waals surface area (Å²) in [5.74, 6) is 0.839. The van der Waals surface area contributed by atoms with Crippen LogP contribution in [0.3, 0.4) is 0 Å². The second-order valence-electron chi connectivity index (χ2n) is 7.70. The lowest BCUT2D eigenvalue weighted by molar-refractivity contribution is 0.219. The molecule has 3 aliphatic rings. The maximum Gasteiger partial charge on any atom is 0.329 e. The number of amides is 2. The molecule has 0 saturated carbocycles. The first kappa shape index (κ1) is 17.3. The van der Waals surface area contributed by atoms with Gasteiger partial charge in [0.2, 0.25) is 0 Å². The largest absolute Gasteiger partial charge is 0.369 e. The molecule has 0 N–H and O–H groups in total. The van der Waals surface area contributed by atoms with Crippen molar-refractivity contribution in [3.8, 4) is 0 Å². The first-order valence-electron chi connectivity index (χ1n) is 9.95. The minimum absolute atomic E-state index is 0.0221. The Morgan fingerprint density at radius 2 is 1.68 bits per heavy atom. The van der Waals surface area contributed by atoms with Gasteiger partial charge in [0.05, 0.1) is 18.3 Å². The van der Waals surface area contributed by atoms with Gasteiger partial charge in [0, 0.05) is 51.0 Å². The molecule has 0 bridgehead atoms. The van der Waals surface area contributed by atoms with Crippen molar-refractivity contribution in [3.63, 3.8) is 0 Å². The summed E-state index contributed by atoms with van der Waals surface area (Å²) in [5, 5.41) is 0. The van der Waals surface area contributed by atoms with Crippen LogP contribution in [0, 0.1) is 0 Å². The van der Waals surface area contributed by atoms with Gasteiger partial charge in [-0.1, -0.05) is 30.3 Å². The molecule has 1 unspecified atom stereocenters. The molecule has 3 heterocycles. The Kier molecular flexibility index (Phi) is 4.28. The number of urea groups is 1. The van der Waals surface area contributed by atoms with E-state index in [9.17, 15) is 4.79 Å². The molecule has 2 aromatic rings. The van der Waals surface area contributed by atoms with Crippen molar-refractivity contribution in [2.75, 3.05) is 56.1 Å². The van der Waals surface area contributed by atoms with Gasteiger partial charge in [-0.15, -0.1) is 0 Å². The molecule has 0 aliphatic carbocycles. The average Bonchev–Trinajstić information content (AvgIpc) is 3.17. The maximum atomic E-state index is 12.8. The fourth-order valence-corrected chi connectivity index (χ4v) is 4.43. The van der Waals surface area contributed by atoms with Crippen LogP contribution in [0.5, 0.6) is 0 Å². The van der Waals surface area contributed by atoms with Crippen LogP contribution in [0.15, 0.2) is 59.6 Å². The van der Waals surface area contributed by atoms with Crippen LogP contribution >= 0.6 is 0 Å². The number of rotatable bonds is 3. The summed E-state index contributed by atoms with van der Waals surface area (Å²) in [5.41, 5.74) is 3.30. The standard InChI is InChI=1S/C22H25N5O/c1-24-20-10-6-5-9-19(20)21-23-17(16-27(21)22(24)28)15-25-11-13-26(14-12-25)18-7-3-2-4-8-18/h2-10,17H,11-16H2,1H3. The number of fused-ring (bicyclic) bond motifs is 3. The van der Waals surface area contributed by atoms with Crippen molar-refractivity contribution in [1.82, 2.24) is 9.80 Å². The van der Waals surface area contributed by atoms with Gasteiger partial charge in [-0.3, -0.25) is 19.7 Å². The van der Waals surface area contributed by atoms with Crippen LogP contribution < -0.4 is 9.80 Å². The SMILES string of the molecule is CN1C(=O)N2CC(CN3CCN(c4ccccc4)CC3)N=C2c2ccccc21. The summed E-state index contributed by atoms with van der Waals surface area (Å²) in [6, 6.07) is 18.8. The number of aliphatic imine (C=N–C) groups is 1. The fraction of sp³-hybridized carbons (Fsp3) is 0.364. The Morgan fingerprint density at radius 1 is 0.964 bits per heavy atom. The number of nitrogens with zero attached hydrogens (tertiary/aromatic N) is 5. The first-order valence-corrected chi connectivity index (χ1v) is 9.95. The number of para-hydroxylation sites is 2. The number of carbonyl (C=O) groups excluding carboxylic acids is 1. The predicted octanol–water partition coefficient (Wildman–Crippen LogP) is 2.51. The summed E-state index contributed by atoms with van der Waals surface area (Å²) in [6.45, 7) is 5.69. The van der Waals surface area contributed by atoms with E-state index >= 15 is 0 Å². The normalized spacial score (nSPS) is 22.2. The Hall–Kier alpha value is -2.86. The fourth-order valence-electron chi connectivity index (χ4n) is 4.43. The van der Waals surface area contributed by atoms with E-state index in [1.807, 2.05) is 30.1 Å². The molecule has 6 heteroatoms. The van der Waals surface area contributed by atoms with Crippen LogP contribution in [0.4, 0.5) is 16.2 Å². The number of hydrogen-bond acceptors (Lipinski definition) is 4. The van der Waals surface area contributed by atoms with Crippen LogP contribution in [-0.2, 0) is 0 Å². The second kappa shape index (κ2) is 6.95. The molecule has 1 atom stereocenters. The van der Waals surface area contributed by atoms with Gasteiger partial charge in [-0.2, -0.15) is 0 Å². The van der Waals surface area contributed by atoms with E-state index in [-0.39, 0.29) is 12.1 Å². The van der Waals surface area contributed by atoms with E-state index in [1.54, 1.807) is 4.90 Å². The van der Waals surface area contributed by atoms with Crippen LogP contribution in [0.25, 0.3) is 0 Å². The van der Waals surface area contributed by atoms with E-state index < -0.39 is 0 Å². The molecule has 144 valence electrons. The third kappa shape index (κ3) is 2.94. The third-order valence-electron chi connectivity index (χ3n) is 5.94. The van der Waals surface area contributed by atoms with Crippen molar-refractivity contribution in [3.05, 3.63) is 60.2 Å². The van der Waals surface area contributed by atoms with E-state index in [0.717, 1.165) is 49.8 Å². The molecule has 2 aromatic carbocycles. The van der Waals surface area contributed by atoms with Crippen LogP contribution in [-0.4, -0.2) is 74.0 Å². The Labute approximate surface area is 165 Å². The van der Waals surface area contributed by atoms with Crippen molar-refractivity contribution in [1.29, 1.82) is 0 Å². The predicted molar refractivity (Wildman–Crippen MR) is 112 cm³/mol. The smallest absolute Gasteiger partial charge is 0.329 e.